The van der Waals surface area contributed by atoms with Crippen molar-refractivity contribution < 1.29 is 23.9 Å². The van der Waals surface area contributed by atoms with Gasteiger partial charge in [0.1, 0.15) is 5.57 Å². The molecule has 0 aliphatic carbocycles. The molecule has 4 amide bonds. The summed E-state index contributed by atoms with van der Waals surface area (Å²) in [5.74, 6) is -0.351. The Kier molecular flexibility index (Phi) is 9.94. The summed E-state index contributed by atoms with van der Waals surface area (Å²) in [4.78, 5) is 39.3. The van der Waals surface area contributed by atoms with Crippen LogP contribution in [0.1, 0.15) is 63.5 Å². The third kappa shape index (κ3) is 6.66. The Morgan fingerprint density at radius 3 is 2.44 bits per heavy atom. The molecule has 1 aliphatic rings. The largest absolute Gasteiger partial charge is 0.490 e. The Morgan fingerprint density at radius 2 is 1.69 bits per heavy atom. The van der Waals surface area contributed by atoms with Crippen LogP contribution >= 0.6 is 11.6 Å². The second kappa shape index (κ2) is 13.1. The van der Waals surface area contributed by atoms with Crippen LogP contribution in [0.3, 0.4) is 0 Å². The molecule has 1 heterocycles. The van der Waals surface area contributed by atoms with E-state index in [1.165, 1.54) is 31.8 Å². The fourth-order valence-electron chi connectivity index (χ4n) is 3.95. The third-order valence-electron chi connectivity index (χ3n) is 5.92. The molecular weight excluding hydrogens is 480 g/mol. The van der Waals surface area contributed by atoms with E-state index in [-0.39, 0.29) is 5.57 Å². The zero-order valence-electron chi connectivity index (χ0n) is 21.1. The molecule has 0 unspecified atom stereocenters. The fourth-order valence-corrected chi connectivity index (χ4v) is 4.12. The summed E-state index contributed by atoms with van der Waals surface area (Å²) < 4.78 is 11.7. The minimum absolute atomic E-state index is 0.169. The van der Waals surface area contributed by atoms with Gasteiger partial charge in [0.2, 0.25) is 0 Å². The molecule has 1 N–H and O–H groups in total. The Labute approximate surface area is 217 Å². The van der Waals surface area contributed by atoms with Gasteiger partial charge in [0.25, 0.3) is 11.8 Å². The molecule has 1 aliphatic heterocycles. The Morgan fingerprint density at radius 1 is 0.944 bits per heavy atom. The van der Waals surface area contributed by atoms with Crippen molar-refractivity contribution >= 4 is 41.2 Å². The van der Waals surface area contributed by atoms with Crippen LogP contribution in [0.15, 0.2) is 42.0 Å². The molecule has 0 saturated carbocycles. The number of ether oxygens (including phenoxy) is 2. The second-order valence-corrected chi connectivity index (χ2v) is 9.00. The molecule has 1 saturated heterocycles. The monoisotopic (exact) mass is 512 g/mol. The number of carbonyl (C=O) groups excluding carboxylic acids is 3. The normalized spacial score (nSPS) is 14.8. The first kappa shape index (κ1) is 27.3. The standard InChI is InChI=1S/C28H33ClN2O5/c1-4-6-7-8-9-10-16-36-24-15-14-20(18-25(24)35-5-2)17-21-26(32)30-28(34)31(27(21)33)23-13-11-12-22(29)19(23)3/h11-15,17-18H,4-10,16H2,1-3H3,(H,30,32,34)/b21-17-. The van der Waals surface area contributed by atoms with Gasteiger partial charge in [0, 0.05) is 5.02 Å². The molecule has 2 aromatic carbocycles. The smallest absolute Gasteiger partial charge is 0.335 e. The van der Waals surface area contributed by atoms with E-state index in [0.717, 1.165) is 17.7 Å². The number of imide groups is 2. The van der Waals surface area contributed by atoms with Gasteiger partial charge < -0.3 is 9.47 Å². The molecule has 0 atom stereocenters. The van der Waals surface area contributed by atoms with E-state index in [1.807, 2.05) is 6.92 Å². The van der Waals surface area contributed by atoms with E-state index in [4.69, 9.17) is 21.1 Å². The lowest BCUT2D eigenvalue weighted by atomic mass is 10.1. The quantitative estimate of drug-likeness (QED) is 0.200. The Hall–Kier alpha value is -3.32. The third-order valence-corrected chi connectivity index (χ3v) is 6.33. The van der Waals surface area contributed by atoms with Crippen LogP contribution in [0, 0.1) is 6.92 Å². The fraction of sp³-hybridized carbons (Fsp3) is 0.393. The van der Waals surface area contributed by atoms with Gasteiger partial charge in [-0.2, -0.15) is 0 Å². The van der Waals surface area contributed by atoms with E-state index in [1.54, 1.807) is 43.3 Å². The van der Waals surface area contributed by atoms with Crippen molar-refractivity contribution in [3.63, 3.8) is 0 Å². The van der Waals surface area contributed by atoms with Crippen molar-refractivity contribution in [3.05, 3.63) is 58.1 Å². The van der Waals surface area contributed by atoms with Gasteiger partial charge in [-0.25, -0.2) is 9.69 Å². The van der Waals surface area contributed by atoms with Gasteiger partial charge in [-0.1, -0.05) is 62.8 Å². The lowest BCUT2D eigenvalue weighted by molar-refractivity contribution is -0.122. The summed E-state index contributed by atoms with van der Waals surface area (Å²) in [6.07, 6.45) is 8.45. The topological polar surface area (TPSA) is 84.9 Å². The van der Waals surface area contributed by atoms with Crippen molar-refractivity contribution in [3.8, 4) is 11.5 Å². The van der Waals surface area contributed by atoms with Crippen molar-refractivity contribution in [2.45, 2.75) is 59.3 Å². The number of nitrogens with zero attached hydrogens (tertiary/aromatic N) is 1. The van der Waals surface area contributed by atoms with Crippen LogP contribution < -0.4 is 19.7 Å². The van der Waals surface area contributed by atoms with Crippen molar-refractivity contribution in [2.24, 2.45) is 0 Å². The van der Waals surface area contributed by atoms with E-state index in [0.29, 0.717) is 46.5 Å². The molecule has 7 nitrogen and oxygen atoms in total. The number of halogens is 1. The number of benzene rings is 2. The summed E-state index contributed by atoms with van der Waals surface area (Å²) >= 11 is 6.18. The van der Waals surface area contributed by atoms with Crippen molar-refractivity contribution in [2.75, 3.05) is 18.1 Å². The number of unbranched alkanes of at least 4 members (excludes halogenated alkanes) is 5. The molecular formula is C28H33ClN2O5. The predicted octanol–water partition coefficient (Wildman–Crippen LogP) is 6.45. The number of hydrogen-bond donors (Lipinski definition) is 1. The Bertz CT molecular complexity index is 1140. The van der Waals surface area contributed by atoms with E-state index < -0.39 is 17.8 Å². The summed E-state index contributed by atoms with van der Waals surface area (Å²) in [6.45, 7) is 6.80. The first-order chi connectivity index (χ1) is 17.4. The first-order valence-electron chi connectivity index (χ1n) is 12.4. The average Bonchev–Trinajstić information content (AvgIpc) is 2.85. The van der Waals surface area contributed by atoms with Crippen LogP contribution in [0.25, 0.3) is 6.08 Å². The maximum absolute atomic E-state index is 13.2. The molecule has 36 heavy (non-hydrogen) atoms. The van der Waals surface area contributed by atoms with Crippen LogP contribution in [0.5, 0.6) is 11.5 Å². The molecule has 8 heteroatoms. The molecule has 0 aromatic heterocycles. The summed E-state index contributed by atoms with van der Waals surface area (Å²) in [5, 5.41) is 2.65. The Balaban J connectivity index is 1.79. The van der Waals surface area contributed by atoms with Gasteiger partial charge in [0.15, 0.2) is 11.5 Å². The molecule has 3 rings (SSSR count). The van der Waals surface area contributed by atoms with Gasteiger partial charge in [-0.05, 0) is 61.7 Å². The minimum atomic E-state index is -0.819. The molecule has 192 valence electrons. The summed E-state index contributed by atoms with van der Waals surface area (Å²) in [5.41, 5.74) is 1.27. The molecule has 0 radical (unpaired) electrons. The SMILES string of the molecule is CCCCCCCCOc1ccc(/C=C2/C(=O)NC(=O)N(c3cccc(Cl)c3C)C2=O)cc1OCC. The lowest BCUT2D eigenvalue weighted by Crippen LogP contribution is -2.54. The number of urea groups is 1. The number of barbiturate groups is 1. The lowest BCUT2D eigenvalue weighted by Gasteiger charge is -2.27. The van der Waals surface area contributed by atoms with Gasteiger partial charge in [-0.15, -0.1) is 0 Å². The molecule has 1 fully saturated rings. The number of hydrogen-bond acceptors (Lipinski definition) is 5. The van der Waals surface area contributed by atoms with E-state index >= 15 is 0 Å². The highest BCUT2D eigenvalue weighted by Gasteiger charge is 2.37. The van der Waals surface area contributed by atoms with Crippen LogP contribution in [-0.2, 0) is 9.59 Å². The summed E-state index contributed by atoms with van der Waals surface area (Å²) in [6, 6.07) is 9.33. The molecule has 0 spiro atoms. The highest BCUT2D eigenvalue weighted by atomic mass is 35.5. The van der Waals surface area contributed by atoms with Gasteiger partial charge in [0.05, 0.1) is 18.9 Å². The second-order valence-electron chi connectivity index (χ2n) is 8.60. The predicted molar refractivity (Wildman–Crippen MR) is 142 cm³/mol. The zero-order chi connectivity index (χ0) is 26.1. The number of carbonyl (C=O) groups is 3. The van der Waals surface area contributed by atoms with Crippen molar-refractivity contribution in [1.29, 1.82) is 0 Å². The van der Waals surface area contributed by atoms with E-state index in [2.05, 4.69) is 12.2 Å². The molecule has 0 bridgehead atoms. The number of anilines is 1. The minimum Gasteiger partial charge on any atom is -0.490 e. The van der Waals surface area contributed by atoms with Crippen LogP contribution in [0.4, 0.5) is 10.5 Å². The van der Waals surface area contributed by atoms with Crippen LogP contribution in [-0.4, -0.2) is 31.1 Å². The van der Waals surface area contributed by atoms with Gasteiger partial charge in [-0.3, -0.25) is 14.9 Å². The zero-order valence-corrected chi connectivity index (χ0v) is 21.8. The highest BCUT2D eigenvalue weighted by molar-refractivity contribution is 6.39. The number of rotatable bonds is 12. The molecule has 2 aromatic rings. The maximum atomic E-state index is 13.2. The van der Waals surface area contributed by atoms with Crippen molar-refractivity contribution in [1.82, 2.24) is 5.32 Å². The van der Waals surface area contributed by atoms with Crippen LogP contribution in [0.2, 0.25) is 5.02 Å². The first-order valence-corrected chi connectivity index (χ1v) is 12.8. The summed E-state index contributed by atoms with van der Waals surface area (Å²) in [7, 11) is 0. The highest BCUT2D eigenvalue weighted by Crippen LogP contribution is 2.32. The number of nitrogens with one attached hydrogen (secondary N) is 1. The number of amides is 4. The van der Waals surface area contributed by atoms with Gasteiger partial charge >= 0.3 is 6.03 Å². The average molecular weight is 513 g/mol. The maximum Gasteiger partial charge on any atom is 0.335 e. The van der Waals surface area contributed by atoms with E-state index in [9.17, 15) is 14.4 Å².